The summed E-state index contributed by atoms with van der Waals surface area (Å²) in [6.45, 7) is 3.65. The summed E-state index contributed by atoms with van der Waals surface area (Å²) in [5.41, 5.74) is 11.5. The molecule has 0 amide bonds. The third kappa shape index (κ3) is 3.77. The Labute approximate surface area is 226 Å². The lowest BCUT2D eigenvalue weighted by Gasteiger charge is -2.10. The maximum absolute atomic E-state index is 6.31. The maximum Gasteiger partial charge on any atom is 0.135 e. The minimum atomic E-state index is 0.833. The highest BCUT2D eigenvalue weighted by molar-refractivity contribution is 6.08. The molecule has 0 saturated heterocycles. The molecule has 4 heterocycles. The Morgan fingerprint density at radius 1 is 0.513 bits per heavy atom. The number of nitrogens with one attached hydrogen (secondary N) is 4. The van der Waals surface area contributed by atoms with E-state index < -0.39 is 0 Å². The molecular weight excluding hydrogens is 480 g/mol. The van der Waals surface area contributed by atoms with Crippen LogP contribution in [0.25, 0.3) is 66.3 Å². The second kappa shape index (κ2) is 9.16. The van der Waals surface area contributed by atoms with Crippen LogP contribution in [0.3, 0.4) is 0 Å². The van der Waals surface area contributed by atoms with E-state index in [0.717, 1.165) is 61.0 Å². The lowest BCUT2D eigenvalue weighted by molar-refractivity contribution is 0.584. The van der Waals surface area contributed by atoms with Gasteiger partial charge in [0.2, 0.25) is 0 Å². The quantitative estimate of drug-likeness (QED) is 0.168. The summed E-state index contributed by atoms with van der Waals surface area (Å²) >= 11 is 0. The van der Waals surface area contributed by atoms with Gasteiger partial charge >= 0.3 is 0 Å². The van der Waals surface area contributed by atoms with Gasteiger partial charge in [0.1, 0.15) is 11.2 Å². The summed E-state index contributed by atoms with van der Waals surface area (Å²) in [6, 6.07) is 30.4. The van der Waals surface area contributed by atoms with Gasteiger partial charge in [-0.05, 0) is 96.7 Å². The van der Waals surface area contributed by atoms with Crippen LogP contribution in [-0.4, -0.2) is 23.1 Å². The van der Waals surface area contributed by atoms with Crippen molar-refractivity contribution in [3.05, 3.63) is 96.1 Å². The van der Waals surface area contributed by atoms with Crippen molar-refractivity contribution in [3.8, 4) is 22.5 Å². The fourth-order valence-electron chi connectivity index (χ4n) is 6.28. The van der Waals surface area contributed by atoms with Crippen LogP contribution in [0, 0.1) is 0 Å². The maximum atomic E-state index is 6.31. The molecule has 7 aromatic rings. The average Bonchev–Trinajstić information content (AvgIpc) is 3.65. The van der Waals surface area contributed by atoms with E-state index in [1.54, 1.807) is 0 Å². The number of fused-ring (bicyclic) bond motifs is 10. The van der Waals surface area contributed by atoms with E-state index >= 15 is 0 Å². The van der Waals surface area contributed by atoms with Crippen molar-refractivity contribution in [2.24, 2.45) is 0 Å². The number of H-pyrrole nitrogens is 2. The van der Waals surface area contributed by atoms with Gasteiger partial charge in [-0.25, -0.2) is 0 Å². The molecule has 5 heteroatoms. The first-order valence-electron chi connectivity index (χ1n) is 13.9. The summed E-state index contributed by atoms with van der Waals surface area (Å²) in [6.07, 6.45) is 2.26. The van der Waals surface area contributed by atoms with Gasteiger partial charge in [0.15, 0.2) is 0 Å². The summed E-state index contributed by atoms with van der Waals surface area (Å²) in [4.78, 5) is 7.44. The summed E-state index contributed by atoms with van der Waals surface area (Å²) < 4.78 is 6.31. The van der Waals surface area contributed by atoms with E-state index in [4.69, 9.17) is 4.42 Å². The molecule has 4 aromatic carbocycles. The fourth-order valence-corrected chi connectivity index (χ4v) is 6.28. The SMILES string of the molecule is c1ccc2c3c([nH]c2c1)-c1ccc2oc4ccc(cc4c2c1)-c1[nH]c2ccccc2c1CNCCCCNC3. The molecule has 0 radical (unpaired) electrons. The highest BCUT2D eigenvalue weighted by Crippen LogP contribution is 2.38. The molecule has 0 atom stereocenters. The highest BCUT2D eigenvalue weighted by Gasteiger charge is 2.18. The van der Waals surface area contributed by atoms with Crippen LogP contribution in [0.2, 0.25) is 0 Å². The number of benzene rings is 4. The molecule has 5 nitrogen and oxygen atoms in total. The Morgan fingerprint density at radius 2 is 1.00 bits per heavy atom. The molecule has 1 aliphatic heterocycles. The highest BCUT2D eigenvalue weighted by atomic mass is 16.3. The van der Waals surface area contributed by atoms with Gasteiger partial charge in [0, 0.05) is 45.7 Å². The molecule has 0 fully saturated rings. The van der Waals surface area contributed by atoms with Crippen molar-refractivity contribution in [1.82, 2.24) is 20.6 Å². The summed E-state index contributed by atoms with van der Waals surface area (Å²) in [5, 5.41) is 12.3. The molecule has 0 spiro atoms. The molecule has 0 aliphatic carbocycles. The first-order chi connectivity index (χ1) is 19.3. The topological polar surface area (TPSA) is 68.8 Å². The average molecular weight is 511 g/mol. The smallest absolute Gasteiger partial charge is 0.135 e. The number of para-hydroxylation sites is 2. The molecule has 3 aromatic heterocycles. The molecule has 1 aliphatic rings. The first kappa shape index (κ1) is 22.6. The molecule has 0 unspecified atom stereocenters. The van der Waals surface area contributed by atoms with Crippen molar-refractivity contribution in [3.63, 3.8) is 0 Å². The molecule has 192 valence electrons. The monoisotopic (exact) mass is 510 g/mol. The van der Waals surface area contributed by atoms with E-state index in [0.29, 0.717) is 0 Å². The Kier molecular flexibility index (Phi) is 5.32. The fraction of sp³-hybridized carbons (Fsp3) is 0.176. The van der Waals surface area contributed by atoms with E-state index in [1.165, 1.54) is 55.4 Å². The first-order valence-corrected chi connectivity index (χ1v) is 13.9. The van der Waals surface area contributed by atoms with E-state index in [9.17, 15) is 0 Å². The van der Waals surface area contributed by atoms with Crippen molar-refractivity contribution in [1.29, 1.82) is 0 Å². The Morgan fingerprint density at radius 3 is 1.51 bits per heavy atom. The minimum Gasteiger partial charge on any atom is -0.456 e. The van der Waals surface area contributed by atoms with Gasteiger partial charge in [-0.2, -0.15) is 0 Å². The Bertz CT molecular complexity index is 1850. The van der Waals surface area contributed by atoms with Crippen molar-refractivity contribution >= 4 is 43.7 Å². The van der Waals surface area contributed by atoms with Crippen LogP contribution < -0.4 is 10.6 Å². The number of hydrogen-bond donors (Lipinski definition) is 4. The van der Waals surface area contributed by atoms with Crippen LogP contribution in [0.4, 0.5) is 0 Å². The summed E-state index contributed by atoms with van der Waals surface area (Å²) in [5.74, 6) is 0. The second-order valence-corrected chi connectivity index (χ2v) is 10.6. The lowest BCUT2D eigenvalue weighted by Crippen LogP contribution is -2.19. The number of rotatable bonds is 0. The van der Waals surface area contributed by atoms with Gasteiger partial charge in [-0.1, -0.05) is 36.4 Å². The number of furan rings is 1. The van der Waals surface area contributed by atoms with Gasteiger partial charge in [0.25, 0.3) is 0 Å². The molecule has 0 saturated carbocycles. The van der Waals surface area contributed by atoms with Crippen molar-refractivity contribution < 1.29 is 4.42 Å². The van der Waals surface area contributed by atoms with Crippen molar-refractivity contribution in [2.45, 2.75) is 25.9 Å². The second-order valence-electron chi connectivity index (χ2n) is 10.6. The van der Waals surface area contributed by atoms with Crippen LogP contribution in [-0.2, 0) is 13.1 Å². The predicted molar refractivity (Wildman–Crippen MR) is 161 cm³/mol. The van der Waals surface area contributed by atoms with E-state index in [1.807, 2.05) is 0 Å². The molecule has 4 bridgehead atoms. The third-order valence-electron chi connectivity index (χ3n) is 8.23. The predicted octanol–water partition coefficient (Wildman–Crippen LogP) is 7.86. The lowest BCUT2D eigenvalue weighted by atomic mass is 10.0. The molecule has 39 heavy (non-hydrogen) atoms. The third-order valence-corrected chi connectivity index (χ3v) is 8.23. The standard InChI is InChI=1S/C34H30N4O/c1-3-9-29-23(7-1)27-19-35-15-5-6-16-36-20-28-24-8-2-4-10-30(24)38-34(28)22-12-14-32-26(18-22)25-17-21(33(27)37-29)11-13-31(25)39-32/h1-4,7-14,17-18,35-38H,5-6,15-16,19-20H2. The van der Waals surface area contributed by atoms with Gasteiger partial charge in [-0.3, -0.25) is 0 Å². The largest absolute Gasteiger partial charge is 0.456 e. The van der Waals surface area contributed by atoms with E-state index in [-0.39, 0.29) is 0 Å². The van der Waals surface area contributed by atoms with Crippen molar-refractivity contribution in [2.75, 3.05) is 13.1 Å². The molecular formula is C34H30N4O. The zero-order valence-electron chi connectivity index (χ0n) is 21.7. The van der Waals surface area contributed by atoms with Gasteiger partial charge in [0.05, 0.1) is 11.4 Å². The van der Waals surface area contributed by atoms with Crippen LogP contribution in [0.15, 0.2) is 89.3 Å². The van der Waals surface area contributed by atoms with Crippen LogP contribution in [0.1, 0.15) is 24.0 Å². The van der Waals surface area contributed by atoms with Crippen LogP contribution in [0.5, 0.6) is 0 Å². The summed E-state index contributed by atoms with van der Waals surface area (Å²) in [7, 11) is 0. The zero-order valence-corrected chi connectivity index (χ0v) is 21.7. The normalized spacial score (nSPS) is 14.9. The number of hydrogen-bond acceptors (Lipinski definition) is 3. The zero-order chi connectivity index (χ0) is 25.8. The number of aromatic amines is 2. The number of aromatic nitrogens is 2. The van der Waals surface area contributed by atoms with Gasteiger partial charge < -0.3 is 25.0 Å². The molecule has 4 N–H and O–H groups in total. The van der Waals surface area contributed by atoms with Crippen LogP contribution >= 0.6 is 0 Å². The Hall–Kier alpha value is -4.32. The molecule has 8 rings (SSSR count). The van der Waals surface area contributed by atoms with Gasteiger partial charge in [-0.15, -0.1) is 0 Å². The van der Waals surface area contributed by atoms with E-state index in [2.05, 4.69) is 106 Å². The minimum absolute atomic E-state index is 0.833. The Balaban J connectivity index is 1.35.